The van der Waals surface area contributed by atoms with Crippen LogP contribution in [0.4, 0.5) is 4.39 Å². The third-order valence-corrected chi connectivity index (χ3v) is 3.91. The quantitative estimate of drug-likeness (QED) is 0.918. The van der Waals surface area contributed by atoms with Crippen LogP contribution in [0, 0.1) is 12.7 Å². The molecule has 1 heterocycles. The Hall–Kier alpha value is -1.26. The fourth-order valence-corrected chi connectivity index (χ4v) is 2.61. The topological polar surface area (TPSA) is 33.1 Å². The van der Waals surface area contributed by atoms with E-state index in [9.17, 15) is 9.50 Å². The Morgan fingerprint density at radius 3 is 2.78 bits per heavy atom. The second-order valence-corrected chi connectivity index (χ2v) is 5.49. The molecule has 0 aliphatic rings. The largest absolute Gasteiger partial charge is 0.385 e. The van der Waals surface area contributed by atoms with Crippen molar-refractivity contribution in [1.82, 2.24) is 4.98 Å². The normalized spacial score (nSPS) is 14.4. The molecule has 0 aliphatic heterocycles. The van der Waals surface area contributed by atoms with Crippen molar-refractivity contribution in [2.24, 2.45) is 0 Å². The first-order valence-electron chi connectivity index (χ1n) is 5.93. The average Bonchev–Trinajstić information content (AvgIpc) is 2.74. The van der Waals surface area contributed by atoms with Gasteiger partial charge in [-0.05, 0) is 31.0 Å². The summed E-state index contributed by atoms with van der Waals surface area (Å²) in [6, 6.07) is 6.15. The van der Waals surface area contributed by atoms with Gasteiger partial charge >= 0.3 is 0 Å². The number of benzene rings is 1. The van der Waals surface area contributed by atoms with Gasteiger partial charge in [0.1, 0.15) is 5.82 Å². The summed E-state index contributed by atoms with van der Waals surface area (Å²) in [7, 11) is 0. The van der Waals surface area contributed by atoms with Gasteiger partial charge in [-0.1, -0.05) is 19.1 Å². The number of nitrogens with zero attached hydrogens (tertiary/aromatic N) is 1. The zero-order valence-electron chi connectivity index (χ0n) is 10.5. The molecule has 18 heavy (non-hydrogen) atoms. The van der Waals surface area contributed by atoms with Gasteiger partial charge < -0.3 is 5.11 Å². The molecule has 0 bridgehead atoms. The first-order chi connectivity index (χ1) is 8.53. The van der Waals surface area contributed by atoms with Crippen molar-refractivity contribution in [2.45, 2.75) is 32.3 Å². The lowest BCUT2D eigenvalue weighted by Crippen LogP contribution is -2.28. The highest BCUT2D eigenvalue weighted by molar-refractivity contribution is 7.09. The molecule has 2 nitrogen and oxygen atoms in total. The first kappa shape index (κ1) is 13.2. The van der Waals surface area contributed by atoms with E-state index in [-0.39, 0.29) is 5.82 Å². The number of hydrogen-bond donors (Lipinski definition) is 1. The summed E-state index contributed by atoms with van der Waals surface area (Å²) in [6.45, 7) is 3.82. The molecule has 0 saturated carbocycles. The van der Waals surface area contributed by atoms with Crippen molar-refractivity contribution >= 4 is 11.3 Å². The summed E-state index contributed by atoms with van der Waals surface area (Å²) >= 11 is 1.56. The van der Waals surface area contributed by atoms with Crippen molar-refractivity contribution in [3.63, 3.8) is 0 Å². The maximum absolute atomic E-state index is 13.3. The van der Waals surface area contributed by atoms with Gasteiger partial charge in [-0.15, -0.1) is 11.3 Å². The Labute approximate surface area is 110 Å². The van der Waals surface area contributed by atoms with E-state index < -0.39 is 5.60 Å². The standard InChI is InChI=1S/C14H16FNOS/c1-3-14(17,8-13-9-18-10(2)16-13)11-5-4-6-12(15)7-11/h4-7,9,17H,3,8H2,1-2H3. The van der Waals surface area contributed by atoms with E-state index in [1.54, 1.807) is 23.5 Å². The van der Waals surface area contributed by atoms with Gasteiger partial charge in [-0.3, -0.25) is 0 Å². The molecular weight excluding hydrogens is 249 g/mol. The lowest BCUT2D eigenvalue weighted by molar-refractivity contribution is 0.0316. The Balaban J connectivity index is 2.30. The van der Waals surface area contributed by atoms with Gasteiger partial charge in [-0.25, -0.2) is 9.37 Å². The maximum atomic E-state index is 13.3. The van der Waals surface area contributed by atoms with E-state index in [1.165, 1.54) is 12.1 Å². The van der Waals surface area contributed by atoms with Crippen LogP contribution in [0.3, 0.4) is 0 Å². The van der Waals surface area contributed by atoms with Gasteiger partial charge in [0.2, 0.25) is 0 Å². The average molecular weight is 265 g/mol. The molecule has 1 aromatic heterocycles. The lowest BCUT2D eigenvalue weighted by Gasteiger charge is -2.26. The summed E-state index contributed by atoms with van der Waals surface area (Å²) in [6.07, 6.45) is 0.935. The fourth-order valence-electron chi connectivity index (χ4n) is 2.00. The summed E-state index contributed by atoms with van der Waals surface area (Å²) in [5, 5.41) is 13.6. The molecular formula is C14H16FNOS. The molecule has 2 rings (SSSR count). The molecule has 0 saturated heterocycles. The van der Waals surface area contributed by atoms with Crippen LogP contribution in [0.15, 0.2) is 29.6 Å². The van der Waals surface area contributed by atoms with Crippen molar-refractivity contribution in [1.29, 1.82) is 0 Å². The van der Waals surface area contributed by atoms with E-state index in [0.29, 0.717) is 18.4 Å². The molecule has 0 fully saturated rings. The minimum absolute atomic E-state index is 0.325. The van der Waals surface area contributed by atoms with Crippen molar-refractivity contribution in [2.75, 3.05) is 0 Å². The highest BCUT2D eigenvalue weighted by Crippen LogP contribution is 2.29. The molecule has 1 N–H and O–H groups in total. The van der Waals surface area contributed by atoms with Gasteiger partial charge in [0.25, 0.3) is 0 Å². The Morgan fingerprint density at radius 2 is 2.22 bits per heavy atom. The SMILES string of the molecule is CCC(O)(Cc1csc(C)n1)c1cccc(F)c1. The Morgan fingerprint density at radius 1 is 1.44 bits per heavy atom. The Kier molecular flexibility index (Phi) is 3.78. The van der Waals surface area contributed by atoms with Crippen LogP contribution in [0.5, 0.6) is 0 Å². The van der Waals surface area contributed by atoms with Crippen LogP contribution >= 0.6 is 11.3 Å². The molecule has 2 aromatic rings. The van der Waals surface area contributed by atoms with Crippen LogP contribution in [-0.2, 0) is 12.0 Å². The molecule has 0 radical (unpaired) electrons. The molecule has 4 heteroatoms. The molecule has 0 spiro atoms. The van der Waals surface area contributed by atoms with Gasteiger partial charge in [0.05, 0.1) is 16.3 Å². The van der Waals surface area contributed by atoms with Crippen molar-refractivity contribution in [3.05, 3.63) is 51.7 Å². The van der Waals surface area contributed by atoms with Gasteiger partial charge in [0.15, 0.2) is 0 Å². The molecule has 96 valence electrons. The molecule has 1 unspecified atom stereocenters. The summed E-state index contributed by atoms with van der Waals surface area (Å²) < 4.78 is 13.3. The lowest BCUT2D eigenvalue weighted by atomic mass is 9.87. The maximum Gasteiger partial charge on any atom is 0.123 e. The number of aromatic nitrogens is 1. The fraction of sp³-hybridized carbons (Fsp3) is 0.357. The van der Waals surface area contributed by atoms with Crippen LogP contribution in [0.2, 0.25) is 0 Å². The number of hydrogen-bond acceptors (Lipinski definition) is 3. The number of rotatable bonds is 4. The van der Waals surface area contributed by atoms with Crippen LogP contribution in [-0.4, -0.2) is 10.1 Å². The highest BCUT2D eigenvalue weighted by Gasteiger charge is 2.28. The summed E-state index contributed by atoms with van der Waals surface area (Å²) in [4.78, 5) is 4.36. The minimum Gasteiger partial charge on any atom is -0.385 e. The smallest absolute Gasteiger partial charge is 0.123 e. The minimum atomic E-state index is -1.05. The third-order valence-electron chi connectivity index (χ3n) is 3.09. The molecule has 1 atom stereocenters. The highest BCUT2D eigenvalue weighted by atomic mass is 32.1. The van der Waals surface area contributed by atoms with E-state index in [1.807, 2.05) is 19.2 Å². The van der Waals surface area contributed by atoms with Crippen LogP contribution < -0.4 is 0 Å². The van der Waals surface area contributed by atoms with E-state index in [4.69, 9.17) is 0 Å². The monoisotopic (exact) mass is 265 g/mol. The van der Waals surface area contributed by atoms with Crippen molar-refractivity contribution < 1.29 is 9.50 Å². The van der Waals surface area contributed by atoms with E-state index in [2.05, 4.69) is 4.98 Å². The zero-order chi connectivity index (χ0) is 13.2. The first-order valence-corrected chi connectivity index (χ1v) is 6.81. The predicted molar refractivity (Wildman–Crippen MR) is 71.1 cm³/mol. The van der Waals surface area contributed by atoms with E-state index in [0.717, 1.165) is 10.7 Å². The summed E-state index contributed by atoms with van der Waals surface area (Å²) in [5.41, 5.74) is 0.407. The predicted octanol–water partition coefficient (Wildman–Crippen LogP) is 3.43. The third kappa shape index (κ3) is 2.76. The number of aryl methyl sites for hydroxylation is 1. The van der Waals surface area contributed by atoms with Gasteiger partial charge in [-0.2, -0.15) is 0 Å². The number of thiazole rings is 1. The molecule has 0 amide bonds. The number of aliphatic hydroxyl groups is 1. The van der Waals surface area contributed by atoms with Crippen LogP contribution in [0.1, 0.15) is 29.6 Å². The Bertz CT molecular complexity index is 540. The molecule has 1 aromatic carbocycles. The van der Waals surface area contributed by atoms with Gasteiger partial charge in [0, 0.05) is 11.8 Å². The zero-order valence-corrected chi connectivity index (χ0v) is 11.3. The van der Waals surface area contributed by atoms with Crippen molar-refractivity contribution in [3.8, 4) is 0 Å². The van der Waals surface area contributed by atoms with E-state index >= 15 is 0 Å². The second-order valence-electron chi connectivity index (χ2n) is 4.43. The van der Waals surface area contributed by atoms with Crippen LogP contribution in [0.25, 0.3) is 0 Å². The molecule has 0 aliphatic carbocycles. The second kappa shape index (κ2) is 5.16. The summed E-state index contributed by atoms with van der Waals surface area (Å²) in [5.74, 6) is -0.325. The number of halogens is 1.